The highest BCUT2D eigenvalue weighted by Crippen LogP contribution is 2.18. The van der Waals surface area contributed by atoms with Crippen LogP contribution in [0.1, 0.15) is 25.0 Å². The smallest absolute Gasteiger partial charge is 0.194 e. The molecule has 2 nitrogen and oxygen atoms in total. The third-order valence-corrected chi connectivity index (χ3v) is 2.16. The zero-order chi connectivity index (χ0) is 12.1. The molecule has 16 heavy (non-hydrogen) atoms. The second-order valence-electron chi connectivity index (χ2n) is 3.52. The molecule has 0 bridgehead atoms. The molecule has 0 aliphatic heterocycles. The molecule has 0 heterocycles. The summed E-state index contributed by atoms with van der Waals surface area (Å²) in [7, 11) is 0. The Balaban J connectivity index is 2.72. The molecular formula is C11H14F3NO. The first-order valence-corrected chi connectivity index (χ1v) is 5.09. The molecule has 0 saturated carbocycles. The Bertz CT molecular complexity index is 334. The molecule has 0 saturated heterocycles. The summed E-state index contributed by atoms with van der Waals surface area (Å²) in [6.07, 6.45) is -0.157. The van der Waals surface area contributed by atoms with Crippen molar-refractivity contribution in [2.24, 2.45) is 0 Å². The van der Waals surface area contributed by atoms with Gasteiger partial charge in [-0.15, -0.1) is 0 Å². The van der Waals surface area contributed by atoms with E-state index in [1.807, 2.05) is 6.92 Å². The van der Waals surface area contributed by atoms with Crippen molar-refractivity contribution < 1.29 is 18.3 Å². The maximum absolute atomic E-state index is 12.8. The molecule has 0 aliphatic rings. The summed E-state index contributed by atoms with van der Waals surface area (Å²) in [6, 6.07) is 1.60. The van der Waals surface area contributed by atoms with Crippen LogP contribution < -0.4 is 5.32 Å². The van der Waals surface area contributed by atoms with E-state index >= 15 is 0 Å². The van der Waals surface area contributed by atoms with E-state index in [9.17, 15) is 18.3 Å². The normalized spacial score (nSPS) is 12.8. The van der Waals surface area contributed by atoms with Crippen molar-refractivity contribution in [1.82, 2.24) is 5.32 Å². The number of benzene rings is 1. The first kappa shape index (κ1) is 13.0. The third-order valence-electron chi connectivity index (χ3n) is 2.16. The maximum Gasteiger partial charge on any atom is 0.194 e. The summed E-state index contributed by atoms with van der Waals surface area (Å²) in [5.41, 5.74) is 0.0278. The van der Waals surface area contributed by atoms with Gasteiger partial charge in [0.25, 0.3) is 0 Å². The van der Waals surface area contributed by atoms with Crippen LogP contribution >= 0.6 is 0 Å². The van der Waals surface area contributed by atoms with Crippen molar-refractivity contribution in [3.8, 4) is 0 Å². The maximum atomic E-state index is 12.8. The van der Waals surface area contributed by atoms with Gasteiger partial charge in [0, 0.05) is 6.54 Å². The molecule has 1 rings (SSSR count). The van der Waals surface area contributed by atoms with Crippen LogP contribution in [0.3, 0.4) is 0 Å². The van der Waals surface area contributed by atoms with Gasteiger partial charge in [0.05, 0.1) is 6.10 Å². The highest BCUT2D eigenvalue weighted by molar-refractivity contribution is 5.21. The predicted molar refractivity (Wildman–Crippen MR) is 54.4 cm³/mol. The molecule has 0 amide bonds. The Morgan fingerprint density at radius 2 is 1.81 bits per heavy atom. The highest BCUT2D eigenvalue weighted by atomic mass is 19.2. The van der Waals surface area contributed by atoms with Crippen molar-refractivity contribution in [2.45, 2.75) is 19.4 Å². The van der Waals surface area contributed by atoms with Crippen molar-refractivity contribution >= 4 is 0 Å². The minimum atomic E-state index is -1.52. The molecule has 1 aromatic rings. The van der Waals surface area contributed by atoms with E-state index in [1.165, 1.54) is 0 Å². The number of aliphatic hydroxyl groups excluding tert-OH is 1. The van der Waals surface area contributed by atoms with Gasteiger partial charge in [-0.2, -0.15) is 0 Å². The number of hydrogen-bond acceptors (Lipinski definition) is 2. The second kappa shape index (κ2) is 5.86. The SMILES string of the molecule is CCCNCC(O)c1cc(F)c(F)c(F)c1. The average molecular weight is 233 g/mol. The summed E-state index contributed by atoms with van der Waals surface area (Å²) < 4.78 is 38.3. The molecule has 1 unspecified atom stereocenters. The number of halogens is 3. The third kappa shape index (κ3) is 3.21. The molecular weight excluding hydrogens is 219 g/mol. The van der Waals surface area contributed by atoms with Crippen molar-refractivity contribution in [3.63, 3.8) is 0 Å². The minimum Gasteiger partial charge on any atom is -0.387 e. The van der Waals surface area contributed by atoms with Crippen LogP contribution in [0.25, 0.3) is 0 Å². The van der Waals surface area contributed by atoms with Crippen LogP contribution in [-0.2, 0) is 0 Å². The number of nitrogens with one attached hydrogen (secondary N) is 1. The first-order chi connectivity index (χ1) is 7.56. The topological polar surface area (TPSA) is 32.3 Å². The largest absolute Gasteiger partial charge is 0.387 e. The zero-order valence-corrected chi connectivity index (χ0v) is 8.93. The van der Waals surface area contributed by atoms with Crippen LogP contribution in [0.4, 0.5) is 13.2 Å². The van der Waals surface area contributed by atoms with Crippen molar-refractivity contribution in [2.75, 3.05) is 13.1 Å². The van der Waals surface area contributed by atoms with Crippen LogP contribution in [0, 0.1) is 17.5 Å². The van der Waals surface area contributed by atoms with E-state index in [1.54, 1.807) is 0 Å². The van der Waals surface area contributed by atoms with Crippen LogP contribution in [0.15, 0.2) is 12.1 Å². The fourth-order valence-corrected chi connectivity index (χ4v) is 1.30. The van der Waals surface area contributed by atoms with Gasteiger partial charge in [-0.05, 0) is 30.7 Å². The molecule has 1 atom stereocenters. The summed E-state index contributed by atoms with van der Waals surface area (Å²) in [5.74, 6) is -4.09. The van der Waals surface area contributed by atoms with Crippen LogP contribution in [0.2, 0.25) is 0 Å². The van der Waals surface area contributed by atoms with Gasteiger partial charge in [0.1, 0.15) is 0 Å². The molecule has 0 aliphatic carbocycles. The Hall–Kier alpha value is -1.07. The molecule has 90 valence electrons. The fraction of sp³-hybridized carbons (Fsp3) is 0.455. The summed E-state index contributed by atoms with van der Waals surface area (Å²) in [4.78, 5) is 0. The predicted octanol–water partition coefficient (Wildman–Crippen LogP) is 2.14. The quantitative estimate of drug-likeness (QED) is 0.603. The summed E-state index contributed by atoms with van der Waals surface area (Å²) >= 11 is 0. The first-order valence-electron chi connectivity index (χ1n) is 5.09. The summed E-state index contributed by atoms with van der Waals surface area (Å²) in [6.45, 7) is 2.83. The Morgan fingerprint density at radius 3 is 2.31 bits per heavy atom. The average Bonchev–Trinajstić information content (AvgIpc) is 2.25. The lowest BCUT2D eigenvalue weighted by Gasteiger charge is -2.12. The van der Waals surface area contributed by atoms with E-state index in [0.717, 1.165) is 18.6 Å². The molecule has 1 aromatic carbocycles. The van der Waals surface area contributed by atoms with Crippen molar-refractivity contribution in [1.29, 1.82) is 0 Å². The molecule has 2 N–H and O–H groups in total. The lowest BCUT2D eigenvalue weighted by molar-refractivity contribution is 0.173. The monoisotopic (exact) mass is 233 g/mol. The molecule has 0 radical (unpaired) electrons. The van der Waals surface area contributed by atoms with E-state index in [0.29, 0.717) is 6.54 Å². The lowest BCUT2D eigenvalue weighted by Crippen LogP contribution is -2.22. The van der Waals surface area contributed by atoms with E-state index in [4.69, 9.17) is 0 Å². The number of aliphatic hydroxyl groups is 1. The number of hydrogen-bond donors (Lipinski definition) is 2. The Morgan fingerprint density at radius 1 is 1.25 bits per heavy atom. The Labute approximate surface area is 92.1 Å². The van der Waals surface area contributed by atoms with Gasteiger partial charge in [0.2, 0.25) is 0 Å². The Kier molecular flexibility index (Phi) is 4.76. The van der Waals surface area contributed by atoms with E-state index in [2.05, 4.69) is 5.32 Å². The molecule has 0 fully saturated rings. The molecule has 0 aromatic heterocycles. The molecule has 0 spiro atoms. The number of rotatable bonds is 5. The highest BCUT2D eigenvalue weighted by Gasteiger charge is 2.15. The van der Waals surface area contributed by atoms with Gasteiger partial charge in [-0.3, -0.25) is 0 Å². The minimum absolute atomic E-state index is 0.0278. The zero-order valence-electron chi connectivity index (χ0n) is 8.93. The van der Waals surface area contributed by atoms with Gasteiger partial charge < -0.3 is 10.4 Å². The van der Waals surface area contributed by atoms with E-state index in [-0.39, 0.29) is 12.1 Å². The van der Waals surface area contributed by atoms with Gasteiger partial charge in [-0.25, -0.2) is 13.2 Å². The molecule has 5 heteroatoms. The van der Waals surface area contributed by atoms with Gasteiger partial charge in [-0.1, -0.05) is 6.92 Å². The lowest BCUT2D eigenvalue weighted by atomic mass is 10.1. The van der Waals surface area contributed by atoms with Crippen LogP contribution in [-0.4, -0.2) is 18.2 Å². The second-order valence-corrected chi connectivity index (χ2v) is 3.52. The van der Waals surface area contributed by atoms with Crippen molar-refractivity contribution in [3.05, 3.63) is 35.1 Å². The van der Waals surface area contributed by atoms with E-state index < -0.39 is 23.6 Å². The fourth-order valence-electron chi connectivity index (χ4n) is 1.30. The van der Waals surface area contributed by atoms with Gasteiger partial charge in [0.15, 0.2) is 17.5 Å². The van der Waals surface area contributed by atoms with Gasteiger partial charge >= 0.3 is 0 Å². The summed E-state index contributed by atoms with van der Waals surface area (Å²) in [5, 5.41) is 12.5. The standard InChI is InChI=1S/C11H14F3NO/c1-2-3-15-6-10(16)7-4-8(12)11(14)9(13)5-7/h4-5,10,15-16H,2-3,6H2,1H3. The van der Waals surface area contributed by atoms with Crippen LogP contribution in [0.5, 0.6) is 0 Å².